The summed E-state index contributed by atoms with van der Waals surface area (Å²) in [5.74, 6) is 1.79. The molecular weight excluding hydrogens is 244 g/mol. The fourth-order valence-electron chi connectivity index (χ4n) is 4.06. The molecule has 1 N–H and O–H groups in total. The summed E-state index contributed by atoms with van der Waals surface area (Å²) in [6.07, 6.45) is 9.48. The average Bonchev–Trinajstić information content (AvgIpc) is 2.44. The van der Waals surface area contributed by atoms with Gasteiger partial charge in [-0.25, -0.2) is 0 Å². The molecule has 0 aromatic carbocycles. The third-order valence-electron chi connectivity index (χ3n) is 5.85. The van der Waals surface area contributed by atoms with Crippen LogP contribution in [0.2, 0.25) is 0 Å². The molecule has 0 spiro atoms. The molecule has 120 valence electrons. The third-order valence-corrected chi connectivity index (χ3v) is 5.85. The first kappa shape index (κ1) is 18.0. The average molecular weight is 283 g/mol. The van der Waals surface area contributed by atoms with E-state index in [1.807, 2.05) is 0 Å². The number of hydrogen-bond donors (Lipinski definition) is 1. The van der Waals surface area contributed by atoms with Gasteiger partial charge in [-0.1, -0.05) is 40.5 Å². The van der Waals surface area contributed by atoms with Crippen molar-refractivity contribution in [3.8, 4) is 0 Å². The second-order valence-electron chi connectivity index (χ2n) is 7.21. The van der Waals surface area contributed by atoms with Crippen LogP contribution in [0.15, 0.2) is 0 Å². The van der Waals surface area contributed by atoms with Gasteiger partial charge >= 0.3 is 0 Å². The SMILES string of the molecule is CCNC(CC(CC)CC)C1(N(C)C)CCC(C)CC1. The maximum Gasteiger partial charge on any atom is 0.0356 e. The van der Waals surface area contributed by atoms with Crippen LogP contribution in [-0.2, 0) is 0 Å². The molecule has 0 aromatic heterocycles. The highest BCUT2D eigenvalue weighted by atomic mass is 15.2. The summed E-state index contributed by atoms with van der Waals surface area (Å²) >= 11 is 0. The number of rotatable bonds is 8. The fourth-order valence-corrected chi connectivity index (χ4v) is 4.06. The Labute approximate surface area is 127 Å². The maximum atomic E-state index is 3.85. The lowest BCUT2D eigenvalue weighted by Gasteiger charge is -2.51. The molecule has 1 saturated carbocycles. The van der Waals surface area contributed by atoms with E-state index in [-0.39, 0.29) is 0 Å². The standard InChI is InChI=1S/C18H38N2/c1-7-16(8-2)14-17(19-9-3)18(20(5)6)12-10-15(4)11-13-18/h15-17,19H,7-14H2,1-6H3. The van der Waals surface area contributed by atoms with Crippen LogP contribution in [0.5, 0.6) is 0 Å². The lowest BCUT2D eigenvalue weighted by atomic mass is 9.69. The van der Waals surface area contributed by atoms with Crippen molar-refractivity contribution in [3.63, 3.8) is 0 Å². The molecule has 1 unspecified atom stereocenters. The Morgan fingerprint density at radius 2 is 1.65 bits per heavy atom. The molecule has 2 nitrogen and oxygen atoms in total. The van der Waals surface area contributed by atoms with Gasteiger partial charge in [0, 0.05) is 11.6 Å². The predicted molar refractivity (Wildman–Crippen MR) is 90.2 cm³/mol. The maximum absolute atomic E-state index is 3.85. The number of likely N-dealkylation sites (N-methyl/N-ethyl adjacent to an activating group) is 2. The molecule has 2 heteroatoms. The third kappa shape index (κ3) is 4.21. The first-order valence-corrected chi connectivity index (χ1v) is 8.90. The van der Waals surface area contributed by atoms with Crippen LogP contribution in [0.4, 0.5) is 0 Å². The molecule has 1 aliphatic carbocycles. The molecule has 20 heavy (non-hydrogen) atoms. The zero-order chi connectivity index (χ0) is 15.2. The second-order valence-corrected chi connectivity index (χ2v) is 7.21. The van der Waals surface area contributed by atoms with Gasteiger partial charge in [0.25, 0.3) is 0 Å². The lowest BCUT2D eigenvalue weighted by molar-refractivity contribution is 0.0344. The van der Waals surface area contributed by atoms with Crippen LogP contribution in [-0.4, -0.2) is 37.1 Å². The first-order chi connectivity index (χ1) is 9.50. The van der Waals surface area contributed by atoms with Crippen molar-refractivity contribution in [2.75, 3.05) is 20.6 Å². The van der Waals surface area contributed by atoms with E-state index in [0.717, 1.165) is 18.4 Å². The minimum atomic E-state index is 0.380. The zero-order valence-corrected chi connectivity index (χ0v) is 14.8. The number of nitrogens with zero attached hydrogens (tertiary/aromatic N) is 1. The van der Waals surface area contributed by atoms with Crippen LogP contribution in [0.1, 0.15) is 72.6 Å². The Morgan fingerprint density at radius 1 is 1.10 bits per heavy atom. The van der Waals surface area contributed by atoms with Gasteiger partial charge in [-0.3, -0.25) is 0 Å². The van der Waals surface area contributed by atoms with Crippen molar-refractivity contribution in [2.45, 2.75) is 84.2 Å². The van der Waals surface area contributed by atoms with Crippen molar-refractivity contribution >= 4 is 0 Å². The van der Waals surface area contributed by atoms with Crippen LogP contribution < -0.4 is 5.32 Å². The van der Waals surface area contributed by atoms with Gasteiger partial charge in [0.2, 0.25) is 0 Å². The van der Waals surface area contributed by atoms with E-state index in [1.54, 1.807) is 0 Å². The number of hydrogen-bond acceptors (Lipinski definition) is 2. The Morgan fingerprint density at radius 3 is 2.05 bits per heavy atom. The van der Waals surface area contributed by atoms with Gasteiger partial charge in [-0.15, -0.1) is 0 Å². The summed E-state index contributed by atoms with van der Waals surface area (Å²) < 4.78 is 0. The largest absolute Gasteiger partial charge is 0.312 e. The molecule has 0 aromatic rings. The first-order valence-electron chi connectivity index (χ1n) is 8.90. The van der Waals surface area contributed by atoms with Gasteiger partial charge in [0.1, 0.15) is 0 Å². The van der Waals surface area contributed by atoms with E-state index in [4.69, 9.17) is 0 Å². The van der Waals surface area contributed by atoms with E-state index < -0.39 is 0 Å². The van der Waals surface area contributed by atoms with Gasteiger partial charge < -0.3 is 10.2 Å². The Kier molecular flexibility index (Phi) is 7.53. The topological polar surface area (TPSA) is 15.3 Å². The van der Waals surface area contributed by atoms with Gasteiger partial charge in [0.05, 0.1) is 0 Å². The van der Waals surface area contributed by atoms with Gasteiger partial charge in [-0.05, 0) is 64.6 Å². The quantitative estimate of drug-likeness (QED) is 0.714. The summed E-state index contributed by atoms with van der Waals surface area (Å²) in [5.41, 5.74) is 0.380. The second kappa shape index (κ2) is 8.38. The van der Waals surface area contributed by atoms with E-state index in [1.165, 1.54) is 44.9 Å². The Hall–Kier alpha value is -0.0800. The van der Waals surface area contributed by atoms with E-state index in [0.29, 0.717) is 11.6 Å². The van der Waals surface area contributed by atoms with Crippen LogP contribution in [0.3, 0.4) is 0 Å². The molecule has 0 aliphatic heterocycles. The number of nitrogens with one attached hydrogen (secondary N) is 1. The van der Waals surface area contributed by atoms with E-state index in [9.17, 15) is 0 Å². The highest BCUT2D eigenvalue weighted by Gasteiger charge is 2.42. The molecule has 0 amide bonds. The Bertz CT molecular complexity index is 250. The Balaban J connectivity index is 2.88. The van der Waals surface area contributed by atoms with Crippen LogP contribution in [0, 0.1) is 11.8 Å². The minimum Gasteiger partial charge on any atom is -0.312 e. The molecule has 0 heterocycles. The molecule has 1 rings (SSSR count). The van der Waals surface area contributed by atoms with Gasteiger partial charge in [-0.2, -0.15) is 0 Å². The molecule has 1 fully saturated rings. The lowest BCUT2D eigenvalue weighted by Crippen LogP contribution is -2.61. The van der Waals surface area contributed by atoms with Crippen molar-refractivity contribution in [3.05, 3.63) is 0 Å². The smallest absolute Gasteiger partial charge is 0.0356 e. The summed E-state index contributed by atoms with van der Waals surface area (Å²) in [6.45, 7) is 10.5. The van der Waals surface area contributed by atoms with Crippen molar-refractivity contribution in [1.82, 2.24) is 10.2 Å². The molecule has 1 aliphatic rings. The minimum absolute atomic E-state index is 0.380. The van der Waals surface area contributed by atoms with Crippen molar-refractivity contribution in [2.24, 2.45) is 11.8 Å². The highest BCUT2D eigenvalue weighted by Crippen LogP contribution is 2.40. The van der Waals surface area contributed by atoms with Crippen LogP contribution in [0.25, 0.3) is 0 Å². The van der Waals surface area contributed by atoms with E-state index in [2.05, 4.69) is 52.0 Å². The predicted octanol–water partition coefficient (Wildman–Crippen LogP) is 4.30. The van der Waals surface area contributed by atoms with E-state index >= 15 is 0 Å². The molecule has 1 atom stereocenters. The highest BCUT2D eigenvalue weighted by molar-refractivity contribution is 5.01. The zero-order valence-electron chi connectivity index (χ0n) is 14.8. The molecule has 0 saturated heterocycles. The summed E-state index contributed by atoms with van der Waals surface area (Å²) in [5, 5.41) is 3.85. The fraction of sp³-hybridized carbons (Fsp3) is 1.00. The molecular formula is C18H38N2. The molecule has 0 radical (unpaired) electrons. The van der Waals surface area contributed by atoms with Gasteiger partial charge in [0.15, 0.2) is 0 Å². The summed E-state index contributed by atoms with van der Waals surface area (Å²) in [7, 11) is 4.60. The molecule has 0 bridgehead atoms. The summed E-state index contributed by atoms with van der Waals surface area (Å²) in [6, 6.07) is 0.653. The normalized spacial score (nSPS) is 29.1. The summed E-state index contributed by atoms with van der Waals surface area (Å²) in [4.78, 5) is 2.54. The van der Waals surface area contributed by atoms with Crippen molar-refractivity contribution < 1.29 is 0 Å². The monoisotopic (exact) mass is 282 g/mol. The van der Waals surface area contributed by atoms with Crippen molar-refractivity contribution in [1.29, 1.82) is 0 Å². The van der Waals surface area contributed by atoms with Crippen LogP contribution >= 0.6 is 0 Å².